The van der Waals surface area contributed by atoms with Gasteiger partial charge in [0.25, 0.3) is 5.91 Å². The number of hydrogen-bond acceptors (Lipinski definition) is 3. The monoisotopic (exact) mass is 337 g/mol. The molecule has 0 atom stereocenters. The van der Waals surface area contributed by atoms with Crippen molar-refractivity contribution in [3.05, 3.63) is 50.7 Å². The van der Waals surface area contributed by atoms with Crippen LogP contribution < -0.4 is 10.1 Å². The lowest BCUT2D eigenvalue weighted by Gasteiger charge is -2.07. The highest BCUT2D eigenvalue weighted by Gasteiger charge is 2.10. The summed E-state index contributed by atoms with van der Waals surface area (Å²) in [6, 6.07) is 7.46. The number of hydrogen-bond donors (Lipinski definition) is 1. The number of halogens is 1. The van der Waals surface area contributed by atoms with Crippen molar-refractivity contribution in [3.8, 4) is 5.75 Å². The first-order chi connectivity index (χ1) is 10.5. The topological polar surface area (TPSA) is 38.3 Å². The van der Waals surface area contributed by atoms with E-state index in [-0.39, 0.29) is 5.91 Å². The lowest BCUT2D eigenvalue weighted by molar-refractivity contribution is 0.0953. The van der Waals surface area contributed by atoms with Crippen LogP contribution in [0.25, 0.3) is 0 Å². The van der Waals surface area contributed by atoms with Gasteiger partial charge in [0.05, 0.1) is 4.88 Å². The minimum absolute atomic E-state index is 0.0210. The molecule has 22 heavy (non-hydrogen) atoms. The number of thiophene rings is 1. The van der Waals surface area contributed by atoms with Crippen molar-refractivity contribution in [2.75, 3.05) is 6.54 Å². The van der Waals surface area contributed by atoms with Crippen LogP contribution in [0.5, 0.6) is 5.75 Å². The Morgan fingerprint density at radius 3 is 2.82 bits per heavy atom. The van der Waals surface area contributed by atoms with Crippen molar-refractivity contribution in [2.45, 2.75) is 27.4 Å². The van der Waals surface area contributed by atoms with Crippen LogP contribution in [0.2, 0.25) is 5.02 Å². The van der Waals surface area contributed by atoms with Crippen molar-refractivity contribution in [3.63, 3.8) is 0 Å². The molecule has 1 amide bonds. The first-order valence-electron chi connectivity index (χ1n) is 7.20. The van der Waals surface area contributed by atoms with E-state index in [1.54, 1.807) is 0 Å². The molecule has 0 spiro atoms. The molecule has 0 aliphatic carbocycles. The third kappa shape index (κ3) is 4.75. The van der Waals surface area contributed by atoms with Gasteiger partial charge < -0.3 is 10.1 Å². The SMILES string of the molecule is Cc1cc(OCc2csc(C(=O)NCC(C)C)c2)ccc1Cl. The Morgan fingerprint density at radius 1 is 1.36 bits per heavy atom. The second-order valence-electron chi connectivity index (χ2n) is 5.62. The Labute approximate surface area is 140 Å². The lowest BCUT2D eigenvalue weighted by atomic mass is 10.2. The fraction of sp³-hybridized carbons (Fsp3) is 0.353. The third-order valence-electron chi connectivity index (χ3n) is 3.08. The minimum Gasteiger partial charge on any atom is -0.489 e. The quantitative estimate of drug-likeness (QED) is 0.831. The molecule has 0 saturated carbocycles. The molecule has 0 radical (unpaired) electrons. The van der Waals surface area contributed by atoms with E-state index in [1.807, 2.05) is 36.6 Å². The van der Waals surface area contributed by atoms with E-state index < -0.39 is 0 Å². The van der Waals surface area contributed by atoms with E-state index in [2.05, 4.69) is 19.2 Å². The number of benzene rings is 1. The van der Waals surface area contributed by atoms with Crippen LogP contribution in [0.4, 0.5) is 0 Å². The molecule has 0 unspecified atom stereocenters. The summed E-state index contributed by atoms with van der Waals surface area (Å²) in [5.41, 5.74) is 1.98. The van der Waals surface area contributed by atoms with Crippen LogP contribution in [0, 0.1) is 12.8 Å². The molecule has 0 fully saturated rings. The molecular formula is C17H20ClNO2S. The summed E-state index contributed by atoms with van der Waals surface area (Å²) in [6.45, 7) is 7.21. The predicted octanol–water partition coefficient (Wildman–Crippen LogP) is 4.67. The third-order valence-corrected chi connectivity index (χ3v) is 4.49. The van der Waals surface area contributed by atoms with Crippen LogP contribution in [-0.4, -0.2) is 12.5 Å². The summed E-state index contributed by atoms with van der Waals surface area (Å²) in [5.74, 6) is 1.20. The average Bonchev–Trinajstić information content (AvgIpc) is 2.95. The Hall–Kier alpha value is -1.52. The van der Waals surface area contributed by atoms with E-state index in [9.17, 15) is 4.79 Å². The van der Waals surface area contributed by atoms with Crippen LogP contribution in [0.1, 0.15) is 34.6 Å². The molecule has 1 aromatic carbocycles. The maximum Gasteiger partial charge on any atom is 0.261 e. The smallest absolute Gasteiger partial charge is 0.261 e. The summed E-state index contributed by atoms with van der Waals surface area (Å²) >= 11 is 7.43. The number of aryl methyl sites for hydroxylation is 1. The van der Waals surface area contributed by atoms with E-state index in [4.69, 9.17) is 16.3 Å². The van der Waals surface area contributed by atoms with Crippen LogP contribution >= 0.6 is 22.9 Å². The standard InChI is InChI=1S/C17H20ClNO2S/c1-11(2)8-19-17(20)16-7-13(10-22-16)9-21-14-4-5-15(18)12(3)6-14/h4-7,10-11H,8-9H2,1-3H3,(H,19,20). The van der Waals surface area contributed by atoms with Gasteiger partial charge in [-0.25, -0.2) is 0 Å². The Balaban J connectivity index is 1.91. The molecular weight excluding hydrogens is 318 g/mol. The molecule has 0 aliphatic heterocycles. The molecule has 0 aliphatic rings. The van der Waals surface area contributed by atoms with Crippen molar-refractivity contribution in [2.24, 2.45) is 5.92 Å². The Kier molecular flexibility index (Phi) is 5.86. The van der Waals surface area contributed by atoms with Gasteiger partial charge in [-0.3, -0.25) is 4.79 Å². The first kappa shape index (κ1) is 16.8. The minimum atomic E-state index is -0.0210. The van der Waals surface area contributed by atoms with Crippen molar-refractivity contribution >= 4 is 28.8 Å². The van der Waals surface area contributed by atoms with Crippen molar-refractivity contribution < 1.29 is 9.53 Å². The molecule has 0 bridgehead atoms. The van der Waals surface area contributed by atoms with Crippen LogP contribution in [0.3, 0.4) is 0 Å². The van der Waals surface area contributed by atoms with Crippen LogP contribution in [-0.2, 0) is 6.61 Å². The molecule has 5 heteroatoms. The molecule has 1 N–H and O–H groups in total. The van der Waals surface area contributed by atoms with Gasteiger partial charge in [0, 0.05) is 17.1 Å². The first-order valence-corrected chi connectivity index (χ1v) is 8.46. The summed E-state index contributed by atoms with van der Waals surface area (Å²) in [5, 5.41) is 5.60. The van der Waals surface area contributed by atoms with E-state index >= 15 is 0 Å². The summed E-state index contributed by atoms with van der Waals surface area (Å²) < 4.78 is 5.74. The van der Waals surface area contributed by atoms with Gasteiger partial charge in [0.15, 0.2) is 0 Å². The molecule has 1 heterocycles. The second-order valence-corrected chi connectivity index (χ2v) is 6.94. The number of carbonyl (C=O) groups excluding carboxylic acids is 1. The number of carbonyl (C=O) groups is 1. The molecule has 2 rings (SSSR count). The Morgan fingerprint density at radius 2 is 2.14 bits per heavy atom. The largest absolute Gasteiger partial charge is 0.489 e. The van der Waals surface area contributed by atoms with Gasteiger partial charge in [-0.2, -0.15) is 0 Å². The van der Waals surface area contributed by atoms with Gasteiger partial charge in [0.1, 0.15) is 12.4 Å². The fourth-order valence-corrected chi connectivity index (χ4v) is 2.76. The Bertz CT molecular complexity index is 652. The number of amides is 1. The van der Waals surface area contributed by atoms with Gasteiger partial charge in [-0.05, 0) is 48.1 Å². The predicted molar refractivity (Wildman–Crippen MR) is 92.0 cm³/mol. The maximum atomic E-state index is 12.0. The van der Waals surface area contributed by atoms with Crippen molar-refractivity contribution in [1.29, 1.82) is 0 Å². The molecule has 2 aromatic rings. The number of nitrogens with one attached hydrogen (secondary N) is 1. The summed E-state index contributed by atoms with van der Waals surface area (Å²) in [4.78, 5) is 12.7. The van der Waals surface area contributed by atoms with E-state index in [0.717, 1.165) is 21.9 Å². The molecule has 1 aromatic heterocycles. The highest BCUT2D eigenvalue weighted by Crippen LogP contribution is 2.23. The molecule has 118 valence electrons. The lowest BCUT2D eigenvalue weighted by Crippen LogP contribution is -2.26. The van der Waals surface area contributed by atoms with E-state index in [0.29, 0.717) is 23.9 Å². The van der Waals surface area contributed by atoms with Crippen LogP contribution in [0.15, 0.2) is 29.6 Å². The van der Waals surface area contributed by atoms with Gasteiger partial charge in [0.2, 0.25) is 0 Å². The number of ether oxygens (including phenoxy) is 1. The van der Waals surface area contributed by atoms with Crippen molar-refractivity contribution in [1.82, 2.24) is 5.32 Å². The number of rotatable bonds is 6. The zero-order valence-corrected chi connectivity index (χ0v) is 14.6. The molecule has 0 saturated heterocycles. The average molecular weight is 338 g/mol. The van der Waals surface area contributed by atoms with Gasteiger partial charge >= 0.3 is 0 Å². The maximum absolute atomic E-state index is 12.0. The highest BCUT2D eigenvalue weighted by atomic mass is 35.5. The highest BCUT2D eigenvalue weighted by molar-refractivity contribution is 7.12. The summed E-state index contributed by atoms with van der Waals surface area (Å²) in [7, 11) is 0. The van der Waals surface area contributed by atoms with Gasteiger partial charge in [-0.15, -0.1) is 11.3 Å². The van der Waals surface area contributed by atoms with E-state index in [1.165, 1.54) is 11.3 Å². The zero-order valence-electron chi connectivity index (χ0n) is 13.0. The fourth-order valence-electron chi connectivity index (χ4n) is 1.83. The summed E-state index contributed by atoms with van der Waals surface area (Å²) in [6.07, 6.45) is 0. The normalized spacial score (nSPS) is 10.8. The zero-order chi connectivity index (χ0) is 16.1. The molecule has 3 nitrogen and oxygen atoms in total. The second kappa shape index (κ2) is 7.65. The van der Waals surface area contributed by atoms with Gasteiger partial charge in [-0.1, -0.05) is 25.4 Å².